The zero-order valence-corrected chi connectivity index (χ0v) is 35.2. The Morgan fingerprint density at radius 1 is 0.820 bits per heavy atom. The van der Waals surface area contributed by atoms with Gasteiger partial charge < -0.3 is 9.80 Å². The molecule has 4 saturated heterocycles. The summed E-state index contributed by atoms with van der Waals surface area (Å²) in [5.74, 6) is 0.525. The molecule has 4 fully saturated rings. The van der Waals surface area contributed by atoms with E-state index >= 15 is 4.39 Å². The summed E-state index contributed by atoms with van der Waals surface area (Å²) in [6.45, 7) is 7.33. The van der Waals surface area contributed by atoms with Crippen molar-refractivity contribution >= 4 is 50.8 Å². The van der Waals surface area contributed by atoms with Gasteiger partial charge >= 0.3 is 10.2 Å². The van der Waals surface area contributed by atoms with Crippen LogP contribution in [0.4, 0.5) is 21.6 Å². The predicted octanol–water partition coefficient (Wildman–Crippen LogP) is 5.50. The number of nitrogens with zero attached hydrogens (tertiary/aromatic N) is 9. The van der Waals surface area contributed by atoms with Crippen molar-refractivity contribution in [2.24, 2.45) is 5.92 Å². The largest absolute Gasteiger partial charge is 0.368 e. The normalized spacial score (nSPS) is 19.7. The van der Waals surface area contributed by atoms with E-state index in [1.54, 1.807) is 41.6 Å². The Morgan fingerprint density at radius 3 is 2.25 bits per heavy atom. The lowest BCUT2D eigenvalue weighted by atomic mass is 9.91. The topological polar surface area (TPSA) is 162 Å². The monoisotopic (exact) mass is 867 g/mol. The van der Waals surface area contributed by atoms with Crippen LogP contribution >= 0.6 is 11.6 Å². The number of piperidine rings is 2. The summed E-state index contributed by atoms with van der Waals surface area (Å²) in [6, 6.07) is 14.2. The zero-order chi connectivity index (χ0) is 42.1. The Hall–Kier alpha value is -5.49. The van der Waals surface area contributed by atoms with Gasteiger partial charge in [-0.25, -0.2) is 19.0 Å². The number of rotatable bonds is 11. The molecule has 61 heavy (non-hydrogen) atoms. The molecule has 0 radical (unpaired) electrons. The second-order valence-corrected chi connectivity index (χ2v) is 18.3. The van der Waals surface area contributed by atoms with Gasteiger partial charge in [-0.15, -0.1) is 0 Å². The molecule has 0 unspecified atom stereocenters. The Morgan fingerprint density at radius 2 is 1.56 bits per heavy atom. The number of benzene rings is 1. The average Bonchev–Trinajstić information content (AvgIpc) is 3.99. The lowest BCUT2D eigenvalue weighted by molar-refractivity contribution is -0.134. The molecule has 1 atom stereocenters. The Balaban J connectivity index is 0.824. The third-order valence-electron chi connectivity index (χ3n) is 12.2. The molecule has 9 rings (SSSR count). The van der Waals surface area contributed by atoms with Crippen LogP contribution in [0.2, 0.25) is 5.02 Å². The fourth-order valence-corrected chi connectivity index (χ4v) is 10.3. The molecule has 4 aliphatic rings. The van der Waals surface area contributed by atoms with Crippen LogP contribution < -0.4 is 19.8 Å². The SMILES string of the molecule is O=C1CC[C@H](c2ccc(N3CCC(CN4CCN(c5ccc(-n6cc(-c7cc(Cl)cc(NS(=O)(=O)N8CCCC8)c7F)c(-c7ccncc7)n6)nc5)CC4)CC3)nc2)C(=O)N1. The van der Waals surface area contributed by atoms with Crippen molar-refractivity contribution in [3.8, 4) is 28.2 Å². The number of amides is 2. The highest BCUT2D eigenvalue weighted by molar-refractivity contribution is 7.90. The molecule has 2 amide bonds. The number of carbonyl (C=O) groups excluding carboxylic acids is 2. The summed E-state index contributed by atoms with van der Waals surface area (Å²) in [4.78, 5) is 44.6. The van der Waals surface area contributed by atoms with Gasteiger partial charge in [-0.2, -0.15) is 17.8 Å². The van der Waals surface area contributed by atoms with E-state index < -0.39 is 16.0 Å². The Bertz CT molecular complexity index is 2490. The van der Waals surface area contributed by atoms with E-state index in [0.717, 1.165) is 88.6 Å². The number of aromatic nitrogens is 5. The van der Waals surface area contributed by atoms with E-state index in [4.69, 9.17) is 21.7 Å². The van der Waals surface area contributed by atoms with Gasteiger partial charge in [-0.1, -0.05) is 17.7 Å². The van der Waals surface area contributed by atoms with E-state index in [-0.39, 0.29) is 34.0 Å². The third-order valence-corrected chi connectivity index (χ3v) is 14.0. The molecule has 4 aliphatic heterocycles. The van der Waals surface area contributed by atoms with Crippen molar-refractivity contribution < 1.29 is 22.4 Å². The van der Waals surface area contributed by atoms with Gasteiger partial charge in [-0.05, 0) is 86.1 Å². The van der Waals surface area contributed by atoms with Crippen molar-refractivity contribution in [1.29, 1.82) is 0 Å². The first-order chi connectivity index (χ1) is 29.6. The van der Waals surface area contributed by atoms with Crippen LogP contribution in [0, 0.1) is 11.7 Å². The average molecular weight is 868 g/mol. The van der Waals surface area contributed by atoms with Gasteiger partial charge in [0.2, 0.25) is 11.8 Å². The molecule has 1 aromatic carbocycles. The summed E-state index contributed by atoms with van der Waals surface area (Å²) in [5.41, 5.74) is 3.28. The fraction of sp³-hybridized carbons (Fsp3) is 0.395. The minimum atomic E-state index is -3.97. The summed E-state index contributed by atoms with van der Waals surface area (Å²) in [7, 11) is -3.97. The minimum absolute atomic E-state index is 0.0973. The number of hydrogen-bond acceptors (Lipinski definition) is 11. The van der Waals surface area contributed by atoms with Crippen LogP contribution in [-0.4, -0.2) is 113 Å². The number of nitrogens with one attached hydrogen (secondary N) is 2. The third kappa shape index (κ3) is 8.96. The maximum atomic E-state index is 16.3. The summed E-state index contributed by atoms with van der Waals surface area (Å²) >= 11 is 6.50. The van der Waals surface area contributed by atoms with Crippen molar-refractivity contribution in [3.63, 3.8) is 0 Å². The molecule has 0 saturated carbocycles. The van der Waals surface area contributed by atoms with Gasteiger partial charge in [0.1, 0.15) is 11.5 Å². The van der Waals surface area contributed by atoms with Crippen molar-refractivity contribution in [2.45, 2.75) is 44.4 Å². The summed E-state index contributed by atoms with van der Waals surface area (Å²) in [5, 5.41) is 7.44. The molecular formula is C43H47ClFN11O4S. The van der Waals surface area contributed by atoms with E-state index in [1.807, 2.05) is 30.5 Å². The zero-order valence-electron chi connectivity index (χ0n) is 33.6. The number of anilines is 3. The van der Waals surface area contributed by atoms with Crippen LogP contribution in [0.25, 0.3) is 28.2 Å². The van der Waals surface area contributed by atoms with E-state index in [0.29, 0.717) is 54.5 Å². The highest BCUT2D eigenvalue weighted by Crippen LogP contribution is 2.38. The highest BCUT2D eigenvalue weighted by atomic mass is 35.5. The van der Waals surface area contributed by atoms with Crippen LogP contribution in [0.3, 0.4) is 0 Å². The predicted molar refractivity (Wildman–Crippen MR) is 231 cm³/mol. The second-order valence-electron chi connectivity index (χ2n) is 16.1. The molecule has 2 N–H and O–H groups in total. The lowest BCUT2D eigenvalue weighted by Crippen LogP contribution is -2.49. The van der Waals surface area contributed by atoms with Crippen molar-refractivity contribution in [3.05, 3.63) is 95.9 Å². The number of piperazine rings is 1. The Labute approximate surface area is 359 Å². The van der Waals surface area contributed by atoms with E-state index in [9.17, 15) is 18.0 Å². The van der Waals surface area contributed by atoms with Gasteiger partial charge in [0, 0.05) is 112 Å². The lowest BCUT2D eigenvalue weighted by Gasteiger charge is -2.39. The molecule has 5 aromatic rings. The fourth-order valence-electron chi connectivity index (χ4n) is 8.80. The molecule has 8 heterocycles. The molecule has 18 heteroatoms. The molecule has 0 spiro atoms. The number of pyridine rings is 3. The molecule has 15 nitrogen and oxygen atoms in total. The summed E-state index contributed by atoms with van der Waals surface area (Å²) in [6.07, 6.45) is 13.1. The Kier molecular flexibility index (Phi) is 11.7. The van der Waals surface area contributed by atoms with Crippen molar-refractivity contribution in [2.75, 3.05) is 73.4 Å². The maximum Gasteiger partial charge on any atom is 0.301 e. The second kappa shape index (κ2) is 17.5. The standard InChI is InChI=1S/C43H47ClFN11O4S/c44-32-23-35(41(45)37(24-32)51-61(59,60)55-15-1-2-16-55)36-28-56(50-42(36)30-9-13-46-14-10-30)39-7-4-33(26-48-39)53-21-19-52(20-22-53)27-29-11-17-54(18-12-29)38-6-3-31(25-47-38)34-5-8-40(57)49-43(34)58/h3-4,6-7,9-10,13-14,23-26,28-29,34,51H,1-2,5,8,11-12,15-22,27H2,(H,49,57,58)/t34-/m1/s1. The number of carbonyl (C=O) groups is 2. The smallest absolute Gasteiger partial charge is 0.301 e. The van der Waals surface area contributed by atoms with Gasteiger partial charge in [0.15, 0.2) is 11.6 Å². The number of hydrogen-bond donors (Lipinski definition) is 2. The maximum absolute atomic E-state index is 16.3. The van der Waals surface area contributed by atoms with E-state index in [1.165, 1.54) is 16.4 Å². The first-order valence-corrected chi connectivity index (χ1v) is 22.7. The first kappa shape index (κ1) is 40.9. The molecule has 0 aliphatic carbocycles. The molecular weight excluding hydrogens is 821 g/mol. The highest BCUT2D eigenvalue weighted by Gasteiger charge is 2.31. The van der Waals surface area contributed by atoms with Gasteiger partial charge in [0.05, 0.1) is 23.5 Å². The van der Waals surface area contributed by atoms with Crippen LogP contribution in [0.15, 0.2) is 79.5 Å². The number of halogens is 2. The quantitative estimate of drug-likeness (QED) is 0.162. The van der Waals surface area contributed by atoms with Gasteiger partial charge in [0.25, 0.3) is 0 Å². The first-order valence-electron chi connectivity index (χ1n) is 20.8. The van der Waals surface area contributed by atoms with E-state index in [2.05, 4.69) is 34.7 Å². The van der Waals surface area contributed by atoms with Crippen LogP contribution in [0.5, 0.6) is 0 Å². The van der Waals surface area contributed by atoms with Crippen molar-refractivity contribution in [1.82, 2.24) is 39.3 Å². The van der Waals surface area contributed by atoms with Crippen LogP contribution in [0.1, 0.15) is 50.0 Å². The van der Waals surface area contributed by atoms with Crippen LogP contribution in [-0.2, 0) is 19.8 Å². The summed E-state index contributed by atoms with van der Waals surface area (Å²) < 4.78 is 47.8. The minimum Gasteiger partial charge on any atom is -0.368 e. The molecule has 318 valence electrons. The van der Waals surface area contributed by atoms with Gasteiger partial charge in [-0.3, -0.25) is 29.5 Å². The number of imide groups is 1. The molecule has 4 aromatic heterocycles. The molecule has 0 bridgehead atoms.